The molecule has 0 unspecified atom stereocenters. The van der Waals surface area contributed by atoms with Gasteiger partial charge in [0.1, 0.15) is 23.0 Å². The Hall–Kier alpha value is -0.540. The molecule has 0 aromatic heterocycles. The second-order valence-electron chi connectivity index (χ2n) is 13.0. The third-order valence-electron chi connectivity index (χ3n) is 8.58. The van der Waals surface area contributed by atoms with Crippen molar-refractivity contribution in [2.45, 2.75) is 25.7 Å². The predicted octanol–water partition coefficient (Wildman–Crippen LogP) is -7.40. The average Bonchev–Trinajstić information content (AvgIpc) is 3.13. The van der Waals surface area contributed by atoms with Crippen molar-refractivity contribution in [2.75, 3.05) is 49.4 Å². The van der Waals surface area contributed by atoms with Crippen LogP contribution in [0.1, 0.15) is 25.7 Å². The number of fused-ring (bicyclic) bond motifs is 2. The first-order valence-electron chi connectivity index (χ1n) is 17.8. The Morgan fingerprint density at radius 3 is 0.887 bits per heavy atom. The summed E-state index contributed by atoms with van der Waals surface area (Å²) in [5, 5.41) is 2.89. The molecule has 0 spiro atoms. The van der Waals surface area contributed by atoms with E-state index in [9.17, 15) is 51.9 Å². The van der Waals surface area contributed by atoms with Crippen LogP contribution in [-0.2, 0) is 40.5 Å². The van der Waals surface area contributed by atoms with Crippen LogP contribution >= 0.6 is 0 Å². The summed E-state index contributed by atoms with van der Waals surface area (Å²) >= 11 is 0. The maximum absolute atomic E-state index is 11.3. The van der Waals surface area contributed by atoms with E-state index in [1.54, 1.807) is 36.4 Å². The minimum Gasteiger partial charge on any atom is -0.748 e. The fraction of sp³-hybridized carbons (Fsp3) is 0.316. The molecule has 16 nitrogen and oxygen atoms in total. The van der Waals surface area contributed by atoms with Crippen LogP contribution in [0.4, 0.5) is 0 Å². The molecule has 24 heteroatoms. The van der Waals surface area contributed by atoms with Crippen LogP contribution in [0.25, 0.3) is 43.8 Å². The van der Waals surface area contributed by atoms with Crippen molar-refractivity contribution in [3.63, 3.8) is 0 Å². The van der Waals surface area contributed by atoms with Crippen LogP contribution in [0.5, 0.6) is 23.0 Å². The van der Waals surface area contributed by atoms with Crippen molar-refractivity contribution in [3.05, 3.63) is 84.9 Å². The molecule has 0 bridgehead atoms. The van der Waals surface area contributed by atoms with Crippen molar-refractivity contribution in [2.24, 2.45) is 0 Å². The van der Waals surface area contributed by atoms with Gasteiger partial charge in [-0.25, -0.2) is 33.7 Å². The number of hydrogen-bond donors (Lipinski definition) is 0. The SMILES string of the molecule is O=S(=O)([O-])CCCOc1ccc(-c2c3ccccc3c(-c3ccc(OCCCS(=O)(=O)[O-])cc3OCCCS(=O)(=O)[O-])c3ccccc23)c(OCCCS(=O)(=O)[O-])c1.[Na+].[Na+].[Na+].[Na+]. The fourth-order valence-electron chi connectivity index (χ4n) is 6.23. The topological polar surface area (TPSA) is 266 Å². The molecule has 0 aliphatic carbocycles. The first-order valence-corrected chi connectivity index (χ1v) is 24.1. The molecule has 0 N–H and O–H groups in total. The minimum atomic E-state index is -4.52. The van der Waals surface area contributed by atoms with Gasteiger partial charge in [-0.1, -0.05) is 48.5 Å². The molecule has 5 aromatic carbocycles. The summed E-state index contributed by atoms with van der Waals surface area (Å²) in [5.74, 6) is -1.52. The Balaban J connectivity index is 0.00000480. The molecule has 5 aromatic rings. The Labute approximate surface area is 450 Å². The van der Waals surface area contributed by atoms with Gasteiger partial charge in [0.25, 0.3) is 0 Å². The molecule has 62 heavy (non-hydrogen) atoms. The summed E-state index contributed by atoms with van der Waals surface area (Å²) in [6.07, 6.45) is -0.355. The summed E-state index contributed by atoms with van der Waals surface area (Å²) in [6.45, 7) is -0.512. The van der Waals surface area contributed by atoms with E-state index in [1.165, 1.54) is 0 Å². The molecular formula is C38H38Na4O16S4. The molecule has 0 amide bonds. The zero-order chi connectivity index (χ0) is 42.1. The zero-order valence-electron chi connectivity index (χ0n) is 34.7. The summed E-state index contributed by atoms with van der Waals surface area (Å²) < 4.78 is 158. The quantitative estimate of drug-likeness (QED) is 0.0270. The zero-order valence-corrected chi connectivity index (χ0v) is 46.0. The molecule has 5 rings (SSSR count). The van der Waals surface area contributed by atoms with Crippen LogP contribution in [0.15, 0.2) is 84.9 Å². The van der Waals surface area contributed by atoms with Gasteiger partial charge in [0.15, 0.2) is 0 Å². The van der Waals surface area contributed by atoms with Crippen LogP contribution < -0.4 is 137 Å². The van der Waals surface area contributed by atoms with E-state index < -0.39 is 63.5 Å². The summed E-state index contributed by atoms with van der Waals surface area (Å²) in [7, 11) is -17.9. The number of rotatable bonds is 22. The van der Waals surface area contributed by atoms with Crippen LogP contribution in [0, 0.1) is 0 Å². The van der Waals surface area contributed by atoms with E-state index in [4.69, 9.17) is 18.9 Å². The summed E-state index contributed by atoms with van der Waals surface area (Å²) in [6, 6.07) is 24.6. The van der Waals surface area contributed by atoms with Crippen LogP contribution in [-0.4, -0.2) is 101 Å². The van der Waals surface area contributed by atoms with Gasteiger partial charge < -0.3 is 37.2 Å². The Morgan fingerprint density at radius 2 is 0.629 bits per heavy atom. The molecule has 0 aliphatic heterocycles. The smallest absolute Gasteiger partial charge is 0.748 e. The van der Waals surface area contributed by atoms with Gasteiger partial charge >= 0.3 is 118 Å². The molecule has 0 radical (unpaired) electrons. The van der Waals surface area contributed by atoms with E-state index in [2.05, 4.69) is 0 Å². The monoisotopic (exact) mass is 970 g/mol. The molecule has 0 fully saturated rings. The number of benzene rings is 5. The van der Waals surface area contributed by atoms with Gasteiger partial charge in [0.05, 0.1) is 66.9 Å². The second-order valence-corrected chi connectivity index (χ2v) is 19.1. The third-order valence-corrected chi connectivity index (χ3v) is 11.7. The second kappa shape index (κ2) is 26.7. The first kappa shape index (κ1) is 59.5. The standard InChI is InChI=1S/C38H42O16S4.4Na/c39-55(40,41)21-5-17-51-27-13-15-33(35(25-27)53-19-7-23-57(45,46)47)37-29-9-1-2-10-30(29)38(32-12-4-3-11-31(32)37)34-16-14-28(52-18-6-22-56(42,43)44)26-36(34)54-20-8-24-58(48,49)50;;;;/h1-4,9-16,25-26H,5-8,17-24H2,(H,39,40,41)(H,42,43,44)(H,45,46,47)(H,48,49,50);;;;/q;4*+1/p-4. The molecule has 314 valence electrons. The van der Waals surface area contributed by atoms with Crippen LogP contribution in [0.3, 0.4) is 0 Å². The third kappa shape index (κ3) is 19.0. The van der Waals surface area contributed by atoms with Crippen molar-refractivity contribution in [1.29, 1.82) is 0 Å². The maximum Gasteiger partial charge on any atom is 1.00 e. The van der Waals surface area contributed by atoms with Gasteiger partial charge in [-0.3, -0.25) is 0 Å². The van der Waals surface area contributed by atoms with E-state index in [-0.39, 0.29) is 193 Å². The van der Waals surface area contributed by atoms with E-state index >= 15 is 0 Å². The molecule has 0 aliphatic rings. The fourth-order valence-corrected chi connectivity index (χ4v) is 8.12. The molecule has 0 saturated heterocycles. The molecular weight excluding hydrogens is 933 g/mol. The largest absolute Gasteiger partial charge is 1.00 e. The number of hydrogen-bond acceptors (Lipinski definition) is 16. The van der Waals surface area contributed by atoms with E-state index in [0.717, 1.165) is 21.5 Å². The number of ether oxygens (including phenoxy) is 4. The van der Waals surface area contributed by atoms with Gasteiger partial charge in [0.2, 0.25) is 0 Å². The average molecular weight is 971 g/mol. The molecule has 0 atom stereocenters. The van der Waals surface area contributed by atoms with Crippen molar-refractivity contribution in [1.82, 2.24) is 0 Å². The molecule has 0 saturated carbocycles. The summed E-state index contributed by atoms with van der Waals surface area (Å²) in [5.41, 5.74) is 2.50. The van der Waals surface area contributed by atoms with E-state index in [1.807, 2.05) is 48.5 Å². The van der Waals surface area contributed by atoms with Gasteiger partial charge in [-0.2, -0.15) is 0 Å². The predicted molar refractivity (Wildman–Crippen MR) is 211 cm³/mol. The van der Waals surface area contributed by atoms with Gasteiger partial charge in [0, 0.05) is 57.4 Å². The Bertz CT molecular complexity index is 2480. The Kier molecular flexibility index (Phi) is 25.6. The Morgan fingerprint density at radius 1 is 0.371 bits per heavy atom. The van der Waals surface area contributed by atoms with Crippen molar-refractivity contribution >= 4 is 62.0 Å². The van der Waals surface area contributed by atoms with Gasteiger partial charge in [-0.05, 0) is 71.5 Å². The van der Waals surface area contributed by atoms with Crippen LogP contribution in [0.2, 0.25) is 0 Å². The maximum atomic E-state index is 11.3. The van der Waals surface area contributed by atoms with Crippen molar-refractivity contribution in [3.8, 4) is 45.3 Å². The first-order chi connectivity index (χ1) is 27.3. The minimum absolute atomic E-state index is 0. The van der Waals surface area contributed by atoms with Crippen molar-refractivity contribution < 1.29 is 189 Å². The normalized spacial score (nSPS) is 11.7. The molecule has 0 heterocycles. The van der Waals surface area contributed by atoms with Gasteiger partial charge in [-0.15, -0.1) is 0 Å². The van der Waals surface area contributed by atoms with E-state index in [0.29, 0.717) is 22.3 Å². The summed E-state index contributed by atoms with van der Waals surface area (Å²) in [4.78, 5) is 0.